The molecule has 10 heteroatoms. The molecule has 1 N–H and O–H groups in total. The third-order valence-electron chi connectivity index (χ3n) is 5.11. The molecule has 0 spiro atoms. The van der Waals surface area contributed by atoms with Crippen LogP contribution in [0.4, 0.5) is 24.7 Å². The van der Waals surface area contributed by atoms with Gasteiger partial charge in [0.1, 0.15) is 11.6 Å². The normalized spacial score (nSPS) is 13.6. The third-order valence-corrected chi connectivity index (χ3v) is 5.36. The lowest BCUT2D eigenvalue weighted by Gasteiger charge is -2.23. The summed E-state index contributed by atoms with van der Waals surface area (Å²) < 4.78 is 41.0. The Bertz CT molecular complexity index is 1200. The molecule has 0 saturated heterocycles. The molecule has 1 aromatic heterocycles. The van der Waals surface area contributed by atoms with Crippen molar-refractivity contribution in [1.82, 2.24) is 9.88 Å². The van der Waals surface area contributed by atoms with Crippen LogP contribution in [0.3, 0.4) is 0 Å². The molecule has 0 unspecified atom stereocenters. The molecule has 0 bridgehead atoms. The number of carbonyl (C=O) groups is 1. The van der Waals surface area contributed by atoms with Gasteiger partial charge in [-0.25, -0.2) is 4.98 Å². The van der Waals surface area contributed by atoms with Crippen molar-refractivity contribution >= 4 is 29.0 Å². The Labute approximate surface area is 199 Å². The Morgan fingerprint density at radius 3 is 2.50 bits per heavy atom. The van der Waals surface area contributed by atoms with E-state index in [0.717, 1.165) is 16.9 Å². The number of amides is 1. The highest BCUT2D eigenvalue weighted by Gasteiger charge is 2.31. The molecule has 0 fully saturated rings. The van der Waals surface area contributed by atoms with Crippen LogP contribution in [0.25, 0.3) is 0 Å². The second kappa shape index (κ2) is 9.64. The van der Waals surface area contributed by atoms with E-state index in [-0.39, 0.29) is 11.7 Å². The zero-order chi connectivity index (χ0) is 24.3. The molecule has 6 nitrogen and oxygen atoms in total. The molecule has 0 atom stereocenters. The fourth-order valence-electron chi connectivity index (χ4n) is 3.46. The quantitative estimate of drug-likeness (QED) is 0.459. The second-order valence-electron chi connectivity index (χ2n) is 7.63. The Morgan fingerprint density at radius 1 is 1.12 bits per heavy atom. The van der Waals surface area contributed by atoms with Crippen molar-refractivity contribution in [3.8, 4) is 5.75 Å². The SMILES string of the molecule is CC1=CN(c2ccc(OC(F)(F)F)cc2)CN1Cc1ccnc(NC(=O)c2ccc(Cl)cc2)c1. The van der Waals surface area contributed by atoms with Crippen molar-refractivity contribution in [3.05, 3.63) is 94.9 Å². The van der Waals surface area contributed by atoms with E-state index in [1.165, 1.54) is 12.1 Å². The molecule has 0 aliphatic carbocycles. The minimum atomic E-state index is -4.72. The van der Waals surface area contributed by atoms with E-state index in [1.807, 2.05) is 24.1 Å². The number of ether oxygens (including phenoxy) is 1. The Kier molecular flexibility index (Phi) is 6.65. The van der Waals surface area contributed by atoms with E-state index in [1.54, 1.807) is 48.7 Å². The summed E-state index contributed by atoms with van der Waals surface area (Å²) in [6, 6.07) is 15.9. The fourth-order valence-corrected chi connectivity index (χ4v) is 3.59. The summed E-state index contributed by atoms with van der Waals surface area (Å²) in [4.78, 5) is 20.7. The summed E-state index contributed by atoms with van der Waals surface area (Å²) in [5, 5.41) is 3.33. The maximum atomic E-state index is 12.4. The summed E-state index contributed by atoms with van der Waals surface area (Å²) in [6.45, 7) is 3.02. The van der Waals surface area contributed by atoms with Crippen LogP contribution in [0.1, 0.15) is 22.8 Å². The molecule has 1 amide bonds. The van der Waals surface area contributed by atoms with Crippen molar-refractivity contribution in [3.63, 3.8) is 0 Å². The van der Waals surface area contributed by atoms with Crippen LogP contribution in [-0.4, -0.2) is 28.8 Å². The Balaban J connectivity index is 1.38. The average molecular weight is 489 g/mol. The molecule has 2 aromatic carbocycles. The molecule has 1 aliphatic rings. The number of anilines is 2. The van der Waals surface area contributed by atoms with Gasteiger partial charge in [0.25, 0.3) is 5.91 Å². The minimum absolute atomic E-state index is 0.266. The molecular formula is C24H20ClF3N4O2. The highest BCUT2D eigenvalue weighted by atomic mass is 35.5. The monoisotopic (exact) mass is 488 g/mol. The first kappa shape index (κ1) is 23.4. The van der Waals surface area contributed by atoms with E-state index >= 15 is 0 Å². The second-order valence-corrected chi connectivity index (χ2v) is 8.07. The number of nitrogens with zero attached hydrogens (tertiary/aromatic N) is 3. The number of benzene rings is 2. The van der Waals surface area contributed by atoms with Gasteiger partial charge in [-0.1, -0.05) is 11.6 Å². The number of hydrogen-bond acceptors (Lipinski definition) is 5. The van der Waals surface area contributed by atoms with Gasteiger partial charge in [-0.15, -0.1) is 13.2 Å². The maximum absolute atomic E-state index is 12.4. The zero-order valence-electron chi connectivity index (χ0n) is 18.0. The van der Waals surface area contributed by atoms with Crippen molar-refractivity contribution < 1.29 is 22.7 Å². The molecular weight excluding hydrogens is 469 g/mol. The van der Waals surface area contributed by atoms with Crippen LogP contribution >= 0.6 is 11.6 Å². The number of allylic oxidation sites excluding steroid dienone is 1. The first-order valence-electron chi connectivity index (χ1n) is 10.2. The van der Waals surface area contributed by atoms with Gasteiger partial charge in [0, 0.05) is 40.9 Å². The first-order chi connectivity index (χ1) is 16.2. The van der Waals surface area contributed by atoms with Crippen molar-refractivity contribution in [2.24, 2.45) is 0 Å². The number of pyridine rings is 1. The Hall–Kier alpha value is -3.72. The summed E-state index contributed by atoms with van der Waals surface area (Å²) in [5.74, 6) is -0.129. The van der Waals surface area contributed by atoms with E-state index in [4.69, 9.17) is 11.6 Å². The largest absolute Gasteiger partial charge is 0.573 e. The van der Waals surface area contributed by atoms with Gasteiger partial charge in [0.05, 0.1) is 6.67 Å². The minimum Gasteiger partial charge on any atom is -0.406 e. The third kappa shape index (κ3) is 5.99. The number of carbonyl (C=O) groups excluding carboxylic acids is 1. The van der Waals surface area contributed by atoms with Crippen LogP contribution in [0.15, 0.2) is 78.8 Å². The maximum Gasteiger partial charge on any atom is 0.573 e. The molecule has 0 radical (unpaired) electrons. The van der Waals surface area contributed by atoms with Gasteiger partial charge in [-0.3, -0.25) is 4.79 Å². The number of aromatic nitrogens is 1. The van der Waals surface area contributed by atoms with Crippen LogP contribution in [-0.2, 0) is 6.54 Å². The van der Waals surface area contributed by atoms with E-state index in [2.05, 4.69) is 19.9 Å². The van der Waals surface area contributed by atoms with Crippen LogP contribution in [0.2, 0.25) is 5.02 Å². The molecule has 3 aromatic rings. The standard InChI is InChI=1S/C24H20ClF3N4O2/c1-16-13-32(20-6-8-21(9-7-20)34-24(26,27)28)15-31(16)14-17-10-11-29-22(12-17)30-23(33)18-2-4-19(25)5-3-18/h2-13H,14-15H2,1H3,(H,29,30,33). The fraction of sp³-hybridized carbons (Fsp3) is 0.167. The lowest BCUT2D eigenvalue weighted by molar-refractivity contribution is -0.274. The molecule has 2 heterocycles. The number of hydrogen-bond donors (Lipinski definition) is 1. The van der Waals surface area contributed by atoms with Gasteiger partial charge in [-0.05, 0) is 73.2 Å². The van der Waals surface area contributed by atoms with Crippen LogP contribution < -0.4 is 15.0 Å². The molecule has 176 valence electrons. The Morgan fingerprint density at radius 2 is 1.82 bits per heavy atom. The van der Waals surface area contributed by atoms with Gasteiger partial charge in [-0.2, -0.15) is 0 Å². The highest BCUT2D eigenvalue weighted by molar-refractivity contribution is 6.30. The summed E-state index contributed by atoms with van der Waals surface area (Å²) in [7, 11) is 0. The van der Waals surface area contributed by atoms with Gasteiger partial charge < -0.3 is 19.9 Å². The van der Waals surface area contributed by atoms with Crippen LogP contribution in [0, 0.1) is 0 Å². The molecule has 4 rings (SSSR count). The summed E-state index contributed by atoms with van der Waals surface area (Å²) >= 11 is 5.87. The number of nitrogens with one attached hydrogen (secondary N) is 1. The lowest BCUT2D eigenvalue weighted by Crippen LogP contribution is -2.26. The lowest BCUT2D eigenvalue weighted by atomic mass is 10.2. The van der Waals surface area contributed by atoms with E-state index in [9.17, 15) is 18.0 Å². The molecule has 0 saturated carbocycles. The van der Waals surface area contributed by atoms with Crippen molar-refractivity contribution in [2.45, 2.75) is 19.8 Å². The number of alkyl halides is 3. The van der Waals surface area contributed by atoms with Crippen LogP contribution in [0.5, 0.6) is 5.75 Å². The van der Waals surface area contributed by atoms with Gasteiger partial charge in [0.2, 0.25) is 0 Å². The van der Waals surface area contributed by atoms with E-state index < -0.39 is 6.36 Å². The summed E-state index contributed by atoms with van der Waals surface area (Å²) in [5.41, 5.74) is 3.13. The predicted octanol–water partition coefficient (Wildman–Crippen LogP) is 6.03. The summed E-state index contributed by atoms with van der Waals surface area (Å²) in [6.07, 6.45) is -1.18. The smallest absolute Gasteiger partial charge is 0.406 e. The highest BCUT2D eigenvalue weighted by Crippen LogP contribution is 2.29. The number of halogens is 4. The van der Waals surface area contributed by atoms with E-state index in [0.29, 0.717) is 29.6 Å². The van der Waals surface area contributed by atoms with Crippen molar-refractivity contribution in [1.29, 1.82) is 0 Å². The topological polar surface area (TPSA) is 57.7 Å². The molecule has 34 heavy (non-hydrogen) atoms. The predicted molar refractivity (Wildman–Crippen MR) is 123 cm³/mol. The number of rotatable bonds is 6. The van der Waals surface area contributed by atoms with Gasteiger partial charge >= 0.3 is 6.36 Å². The molecule has 1 aliphatic heterocycles. The average Bonchev–Trinajstić information content (AvgIpc) is 3.14. The van der Waals surface area contributed by atoms with Crippen molar-refractivity contribution in [2.75, 3.05) is 16.9 Å². The first-order valence-corrected chi connectivity index (χ1v) is 10.6. The zero-order valence-corrected chi connectivity index (χ0v) is 18.8. The van der Waals surface area contributed by atoms with Gasteiger partial charge in [0.15, 0.2) is 0 Å².